The largest absolute Gasteiger partial charge is 0.313 e. The molecule has 1 N–H and O–H groups in total. The van der Waals surface area contributed by atoms with E-state index in [1.165, 1.54) is 32.1 Å². The van der Waals surface area contributed by atoms with Crippen molar-refractivity contribution in [3.63, 3.8) is 0 Å². The van der Waals surface area contributed by atoms with Crippen LogP contribution in [0.25, 0.3) is 0 Å². The lowest BCUT2D eigenvalue weighted by molar-refractivity contribution is 0.183. The van der Waals surface area contributed by atoms with Crippen LogP contribution in [0.2, 0.25) is 0 Å². The van der Waals surface area contributed by atoms with Crippen LogP contribution < -0.4 is 5.32 Å². The van der Waals surface area contributed by atoms with E-state index in [1.807, 2.05) is 11.7 Å². The lowest BCUT2D eigenvalue weighted by Crippen LogP contribution is -2.45. The molecule has 0 saturated heterocycles. The van der Waals surface area contributed by atoms with Gasteiger partial charge in [0.15, 0.2) is 0 Å². The van der Waals surface area contributed by atoms with Gasteiger partial charge in [-0.15, -0.1) is 0 Å². The van der Waals surface area contributed by atoms with Crippen LogP contribution in [-0.2, 0) is 13.5 Å². The molecule has 1 unspecified atom stereocenters. The van der Waals surface area contributed by atoms with E-state index in [1.54, 1.807) is 6.33 Å². The normalized spacial score (nSPS) is 20.2. The summed E-state index contributed by atoms with van der Waals surface area (Å²) in [6, 6.07) is 0.540. The topological polar surface area (TPSA) is 42.7 Å². The van der Waals surface area contributed by atoms with Crippen LogP contribution in [0.5, 0.6) is 0 Å². The fourth-order valence-corrected chi connectivity index (χ4v) is 3.47. The predicted molar refractivity (Wildman–Crippen MR) is 73.4 cm³/mol. The number of aryl methyl sites for hydroxylation is 1. The van der Waals surface area contributed by atoms with E-state index >= 15 is 0 Å². The van der Waals surface area contributed by atoms with E-state index in [9.17, 15) is 0 Å². The summed E-state index contributed by atoms with van der Waals surface area (Å²) in [5, 5.41) is 7.88. The Morgan fingerprint density at radius 2 is 2.11 bits per heavy atom. The first-order chi connectivity index (χ1) is 8.72. The number of hydrogen-bond donors (Lipinski definition) is 1. The molecule has 1 aromatic heterocycles. The summed E-state index contributed by atoms with van der Waals surface area (Å²) in [6.45, 7) is 5.57. The van der Waals surface area contributed by atoms with Crippen LogP contribution in [-0.4, -0.2) is 27.4 Å². The van der Waals surface area contributed by atoms with Gasteiger partial charge in [0.05, 0.1) is 0 Å². The smallest absolute Gasteiger partial charge is 0.138 e. The highest BCUT2D eigenvalue weighted by Gasteiger charge is 2.39. The first-order valence-corrected chi connectivity index (χ1v) is 7.28. The van der Waals surface area contributed by atoms with Crippen molar-refractivity contribution in [3.05, 3.63) is 12.2 Å². The van der Waals surface area contributed by atoms with E-state index < -0.39 is 0 Å². The van der Waals surface area contributed by atoms with E-state index in [4.69, 9.17) is 0 Å². The van der Waals surface area contributed by atoms with Crippen molar-refractivity contribution < 1.29 is 0 Å². The Labute approximate surface area is 110 Å². The van der Waals surface area contributed by atoms with E-state index in [-0.39, 0.29) is 0 Å². The van der Waals surface area contributed by atoms with E-state index in [0.29, 0.717) is 11.5 Å². The van der Waals surface area contributed by atoms with Gasteiger partial charge < -0.3 is 5.32 Å². The molecule has 4 nitrogen and oxygen atoms in total. The standard InChI is InChI=1S/C14H26N4/c1-4-14(8-6-7-9-14)12(15-5-2)10-13-16-11-17-18(13)3/h11-12,15H,4-10H2,1-3H3. The maximum Gasteiger partial charge on any atom is 0.138 e. The van der Waals surface area contributed by atoms with Gasteiger partial charge in [0.2, 0.25) is 0 Å². The van der Waals surface area contributed by atoms with Gasteiger partial charge in [-0.2, -0.15) is 5.10 Å². The molecule has 2 rings (SSSR count). The summed E-state index contributed by atoms with van der Waals surface area (Å²) in [4.78, 5) is 4.39. The van der Waals surface area contributed by atoms with Crippen LogP contribution in [0.3, 0.4) is 0 Å². The Balaban J connectivity index is 2.14. The number of hydrogen-bond acceptors (Lipinski definition) is 3. The molecule has 4 heteroatoms. The van der Waals surface area contributed by atoms with Crippen molar-refractivity contribution in [1.82, 2.24) is 20.1 Å². The molecule has 1 aliphatic rings. The van der Waals surface area contributed by atoms with Gasteiger partial charge in [0.25, 0.3) is 0 Å². The third kappa shape index (κ3) is 2.58. The Morgan fingerprint density at radius 3 is 2.61 bits per heavy atom. The first kappa shape index (κ1) is 13.5. The second-order valence-electron chi connectivity index (χ2n) is 5.54. The summed E-state index contributed by atoms with van der Waals surface area (Å²) < 4.78 is 1.91. The van der Waals surface area contributed by atoms with Crippen molar-refractivity contribution >= 4 is 0 Å². The minimum Gasteiger partial charge on any atom is -0.313 e. The first-order valence-electron chi connectivity index (χ1n) is 7.28. The quantitative estimate of drug-likeness (QED) is 0.842. The van der Waals surface area contributed by atoms with Gasteiger partial charge >= 0.3 is 0 Å². The molecule has 0 spiro atoms. The van der Waals surface area contributed by atoms with Crippen LogP contribution in [0, 0.1) is 5.41 Å². The Bertz CT molecular complexity index is 366. The summed E-state index contributed by atoms with van der Waals surface area (Å²) in [5.74, 6) is 1.10. The van der Waals surface area contributed by atoms with Crippen molar-refractivity contribution in [3.8, 4) is 0 Å². The zero-order valence-corrected chi connectivity index (χ0v) is 11.9. The van der Waals surface area contributed by atoms with Crippen LogP contribution in [0.4, 0.5) is 0 Å². The molecule has 1 aromatic rings. The van der Waals surface area contributed by atoms with Crippen molar-refractivity contribution in [1.29, 1.82) is 0 Å². The number of aromatic nitrogens is 3. The summed E-state index contributed by atoms with van der Waals surface area (Å²) in [5.41, 5.74) is 0.474. The monoisotopic (exact) mass is 250 g/mol. The van der Waals surface area contributed by atoms with Gasteiger partial charge in [-0.3, -0.25) is 4.68 Å². The molecule has 1 heterocycles. The highest BCUT2D eigenvalue weighted by atomic mass is 15.3. The fraction of sp³-hybridized carbons (Fsp3) is 0.857. The number of nitrogens with zero attached hydrogens (tertiary/aromatic N) is 3. The van der Waals surface area contributed by atoms with Crippen molar-refractivity contribution in [2.45, 2.75) is 58.4 Å². The van der Waals surface area contributed by atoms with Crippen LogP contribution >= 0.6 is 0 Å². The molecular weight excluding hydrogens is 224 g/mol. The zero-order chi connectivity index (χ0) is 13.0. The third-order valence-corrected chi connectivity index (χ3v) is 4.69. The van der Waals surface area contributed by atoms with Gasteiger partial charge in [0, 0.05) is 19.5 Å². The van der Waals surface area contributed by atoms with Crippen LogP contribution in [0.1, 0.15) is 51.8 Å². The molecule has 18 heavy (non-hydrogen) atoms. The average molecular weight is 250 g/mol. The van der Waals surface area contributed by atoms with Crippen molar-refractivity contribution in [2.24, 2.45) is 12.5 Å². The maximum atomic E-state index is 4.39. The molecule has 0 amide bonds. The van der Waals surface area contributed by atoms with E-state index in [2.05, 4.69) is 29.2 Å². The molecule has 0 aliphatic heterocycles. The van der Waals surface area contributed by atoms with E-state index in [0.717, 1.165) is 18.8 Å². The molecule has 1 saturated carbocycles. The molecule has 102 valence electrons. The van der Waals surface area contributed by atoms with Gasteiger partial charge in [0.1, 0.15) is 12.2 Å². The van der Waals surface area contributed by atoms with Gasteiger partial charge in [-0.25, -0.2) is 4.98 Å². The minimum atomic E-state index is 0.474. The van der Waals surface area contributed by atoms with Gasteiger partial charge in [-0.1, -0.05) is 26.7 Å². The molecule has 0 aromatic carbocycles. The second kappa shape index (κ2) is 5.83. The molecule has 1 fully saturated rings. The Morgan fingerprint density at radius 1 is 1.39 bits per heavy atom. The number of nitrogens with one attached hydrogen (secondary N) is 1. The summed E-state index contributed by atoms with van der Waals surface area (Å²) in [6.07, 6.45) is 9.41. The molecule has 0 radical (unpaired) electrons. The highest BCUT2D eigenvalue weighted by Crippen LogP contribution is 2.44. The van der Waals surface area contributed by atoms with Crippen LogP contribution in [0.15, 0.2) is 6.33 Å². The third-order valence-electron chi connectivity index (χ3n) is 4.69. The average Bonchev–Trinajstić information content (AvgIpc) is 2.99. The second-order valence-corrected chi connectivity index (χ2v) is 5.54. The Hall–Kier alpha value is -0.900. The predicted octanol–water partition coefficient (Wildman–Crippen LogP) is 2.31. The molecule has 1 aliphatic carbocycles. The lowest BCUT2D eigenvalue weighted by atomic mass is 9.74. The molecule has 1 atom stereocenters. The lowest BCUT2D eigenvalue weighted by Gasteiger charge is -2.37. The van der Waals surface area contributed by atoms with Crippen molar-refractivity contribution in [2.75, 3.05) is 6.54 Å². The van der Waals surface area contributed by atoms with Gasteiger partial charge in [-0.05, 0) is 31.2 Å². The summed E-state index contributed by atoms with van der Waals surface area (Å²) >= 11 is 0. The summed E-state index contributed by atoms with van der Waals surface area (Å²) in [7, 11) is 1.98. The number of likely N-dealkylation sites (N-methyl/N-ethyl adjacent to an activating group) is 1. The molecular formula is C14H26N4. The Kier molecular flexibility index (Phi) is 4.38. The SMILES string of the molecule is CCNC(Cc1ncnn1C)C1(CC)CCCC1. The fourth-order valence-electron chi connectivity index (χ4n) is 3.47. The highest BCUT2D eigenvalue weighted by molar-refractivity contribution is 4.99. The maximum absolute atomic E-state index is 4.39. The minimum absolute atomic E-state index is 0.474. The number of rotatable bonds is 6. The zero-order valence-electron chi connectivity index (χ0n) is 11.9. The molecule has 0 bridgehead atoms.